The van der Waals surface area contributed by atoms with Crippen molar-refractivity contribution in [1.29, 1.82) is 0 Å². The first-order chi connectivity index (χ1) is 15.7. The lowest BCUT2D eigenvalue weighted by molar-refractivity contribution is -0.137. The molecule has 0 atom stereocenters. The number of aromatic nitrogens is 3. The second-order valence-corrected chi connectivity index (χ2v) is 7.76. The van der Waals surface area contributed by atoms with Crippen LogP contribution in [0.2, 0.25) is 0 Å². The van der Waals surface area contributed by atoms with Gasteiger partial charge in [-0.3, -0.25) is 9.59 Å². The van der Waals surface area contributed by atoms with Crippen molar-refractivity contribution >= 4 is 28.9 Å². The van der Waals surface area contributed by atoms with Crippen molar-refractivity contribution in [3.8, 4) is 5.69 Å². The maximum Gasteiger partial charge on any atom is 0.416 e. The molecule has 172 valence electrons. The number of carbonyl (C=O) groups excluding carboxylic acids is 2. The Morgan fingerprint density at radius 3 is 2.55 bits per heavy atom. The van der Waals surface area contributed by atoms with E-state index in [0.717, 1.165) is 30.5 Å². The van der Waals surface area contributed by atoms with Gasteiger partial charge >= 0.3 is 6.18 Å². The molecule has 2 amide bonds. The topological polar surface area (TPSA) is 101 Å². The van der Waals surface area contributed by atoms with Crippen LogP contribution < -0.4 is 16.0 Å². The number of anilines is 3. The summed E-state index contributed by atoms with van der Waals surface area (Å²) in [7, 11) is 0. The van der Waals surface area contributed by atoms with Crippen LogP contribution in [0.4, 0.5) is 30.2 Å². The Morgan fingerprint density at radius 2 is 1.88 bits per heavy atom. The lowest BCUT2D eigenvalue weighted by Gasteiger charge is -2.16. The maximum atomic E-state index is 13.2. The summed E-state index contributed by atoms with van der Waals surface area (Å²) in [5.41, 5.74) is 1.37. The number of nitrogens with one attached hydrogen (secondary N) is 3. The molecule has 0 spiro atoms. The molecule has 33 heavy (non-hydrogen) atoms. The van der Waals surface area contributed by atoms with E-state index >= 15 is 0 Å². The van der Waals surface area contributed by atoms with Gasteiger partial charge < -0.3 is 16.0 Å². The number of alkyl halides is 3. The normalized spacial score (nSPS) is 13.5. The van der Waals surface area contributed by atoms with Crippen LogP contribution in [0.3, 0.4) is 0 Å². The monoisotopic (exact) mass is 458 g/mol. The highest BCUT2D eigenvalue weighted by molar-refractivity contribution is 5.96. The van der Waals surface area contributed by atoms with Crippen LogP contribution in [0.15, 0.2) is 49.1 Å². The molecule has 11 heteroatoms. The number of carbonyl (C=O) groups is 2. The second kappa shape index (κ2) is 8.93. The number of aryl methyl sites for hydroxylation is 1. The summed E-state index contributed by atoms with van der Waals surface area (Å²) >= 11 is 0. The molecular formula is C22H21F3N6O2. The van der Waals surface area contributed by atoms with Crippen molar-refractivity contribution in [2.24, 2.45) is 5.92 Å². The number of hydrogen-bond donors (Lipinski definition) is 3. The van der Waals surface area contributed by atoms with Crippen LogP contribution in [-0.4, -0.2) is 33.1 Å². The third kappa shape index (κ3) is 5.48. The summed E-state index contributed by atoms with van der Waals surface area (Å²) in [6.45, 7) is 1.64. The fraction of sp³-hybridized carbons (Fsp3) is 0.273. The van der Waals surface area contributed by atoms with Crippen LogP contribution in [-0.2, 0) is 15.8 Å². The average molecular weight is 458 g/mol. The van der Waals surface area contributed by atoms with Crippen LogP contribution in [0, 0.1) is 12.8 Å². The van der Waals surface area contributed by atoms with E-state index < -0.39 is 17.6 Å². The first kappa shape index (κ1) is 22.3. The Labute approximate surface area is 187 Å². The van der Waals surface area contributed by atoms with Gasteiger partial charge in [0, 0.05) is 17.3 Å². The van der Waals surface area contributed by atoms with E-state index in [2.05, 4.69) is 26.0 Å². The summed E-state index contributed by atoms with van der Waals surface area (Å²) in [6.07, 6.45) is -0.241. The first-order valence-corrected chi connectivity index (χ1v) is 10.2. The average Bonchev–Trinajstić information content (AvgIpc) is 3.48. The highest BCUT2D eigenvalue weighted by Gasteiger charge is 2.31. The van der Waals surface area contributed by atoms with Gasteiger partial charge in [0.05, 0.1) is 23.5 Å². The molecule has 3 aromatic rings. The minimum atomic E-state index is -4.57. The van der Waals surface area contributed by atoms with Gasteiger partial charge in [0.15, 0.2) is 0 Å². The molecule has 1 aliphatic rings. The minimum absolute atomic E-state index is 0.0345. The van der Waals surface area contributed by atoms with Gasteiger partial charge in [-0.15, -0.1) is 0 Å². The van der Waals surface area contributed by atoms with Crippen LogP contribution in [0.1, 0.15) is 24.0 Å². The number of benzene rings is 2. The van der Waals surface area contributed by atoms with E-state index in [9.17, 15) is 22.8 Å². The van der Waals surface area contributed by atoms with E-state index in [-0.39, 0.29) is 29.7 Å². The predicted octanol–water partition coefficient (Wildman–Crippen LogP) is 3.99. The SMILES string of the molecule is Cc1ccc(NC(=O)C2CC2)cc1NCC(=O)Nc1cc(C(F)(F)F)ccc1-n1cncn1. The molecule has 0 bridgehead atoms. The largest absolute Gasteiger partial charge is 0.416 e. The Morgan fingerprint density at radius 1 is 1.09 bits per heavy atom. The Bertz CT molecular complexity index is 1170. The lowest BCUT2D eigenvalue weighted by atomic mass is 10.1. The molecule has 0 unspecified atom stereocenters. The lowest BCUT2D eigenvalue weighted by Crippen LogP contribution is -2.23. The molecule has 1 aromatic heterocycles. The molecule has 3 N–H and O–H groups in total. The van der Waals surface area contributed by atoms with E-state index in [4.69, 9.17) is 0 Å². The molecule has 0 aliphatic heterocycles. The number of halogens is 3. The van der Waals surface area contributed by atoms with Crippen molar-refractivity contribution in [3.63, 3.8) is 0 Å². The zero-order valence-electron chi connectivity index (χ0n) is 17.6. The summed E-state index contributed by atoms with van der Waals surface area (Å²) in [4.78, 5) is 28.3. The highest BCUT2D eigenvalue weighted by Crippen LogP contribution is 2.33. The molecule has 0 saturated heterocycles. The molecule has 4 rings (SSSR count). The van der Waals surface area contributed by atoms with Gasteiger partial charge in [-0.1, -0.05) is 6.07 Å². The standard InChI is InChI=1S/C22H21F3N6O2/c1-13-2-6-16(29-21(33)14-3-4-14)9-17(13)27-10-20(32)30-18-8-15(22(23,24)25)5-7-19(18)31-12-26-11-28-31/h2,5-9,11-12,14,27H,3-4,10H2,1H3,(H,29,33)(H,30,32). The highest BCUT2D eigenvalue weighted by atomic mass is 19.4. The smallest absolute Gasteiger partial charge is 0.376 e. The van der Waals surface area contributed by atoms with E-state index in [1.807, 2.05) is 6.92 Å². The fourth-order valence-corrected chi connectivity index (χ4v) is 3.19. The van der Waals surface area contributed by atoms with Crippen LogP contribution in [0.25, 0.3) is 5.69 Å². The second-order valence-electron chi connectivity index (χ2n) is 7.76. The summed E-state index contributed by atoms with van der Waals surface area (Å²) in [5, 5.41) is 12.2. The zero-order valence-corrected chi connectivity index (χ0v) is 17.6. The molecule has 2 aromatic carbocycles. The van der Waals surface area contributed by atoms with Crippen molar-refractivity contribution < 1.29 is 22.8 Å². The molecule has 0 radical (unpaired) electrons. The number of rotatable bonds is 7. The molecule has 1 heterocycles. The molecule has 1 aliphatic carbocycles. The van der Waals surface area contributed by atoms with Crippen molar-refractivity contribution in [1.82, 2.24) is 14.8 Å². The third-order valence-corrected chi connectivity index (χ3v) is 5.16. The third-order valence-electron chi connectivity index (χ3n) is 5.16. The summed E-state index contributed by atoms with van der Waals surface area (Å²) in [5.74, 6) is -0.532. The van der Waals surface area contributed by atoms with Gasteiger partial charge in [0.25, 0.3) is 0 Å². The van der Waals surface area contributed by atoms with Crippen molar-refractivity contribution in [2.75, 3.05) is 22.5 Å². The van der Waals surface area contributed by atoms with Gasteiger partial charge in [0.2, 0.25) is 11.8 Å². The Hall–Kier alpha value is -3.89. The first-order valence-electron chi connectivity index (χ1n) is 10.2. The Balaban J connectivity index is 1.47. The van der Waals surface area contributed by atoms with Gasteiger partial charge in [-0.05, 0) is 55.7 Å². The van der Waals surface area contributed by atoms with Gasteiger partial charge in [-0.2, -0.15) is 18.3 Å². The quantitative estimate of drug-likeness (QED) is 0.497. The molecule has 1 saturated carbocycles. The summed E-state index contributed by atoms with van der Waals surface area (Å²) in [6, 6.07) is 8.28. The summed E-state index contributed by atoms with van der Waals surface area (Å²) < 4.78 is 40.8. The van der Waals surface area contributed by atoms with Crippen molar-refractivity contribution in [2.45, 2.75) is 25.9 Å². The van der Waals surface area contributed by atoms with E-state index in [0.29, 0.717) is 11.4 Å². The van der Waals surface area contributed by atoms with Gasteiger partial charge in [-0.25, -0.2) is 9.67 Å². The Kier molecular flexibility index (Phi) is 6.03. The van der Waals surface area contributed by atoms with Gasteiger partial charge in [0.1, 0.15) is 12.7 Å². The maximum absolute atomic E-state index is 13.2. The van der Waals surface area contributed by atoms with Crippen LogP contribution in [0.5, 0.6) is 0 Å². The predicted molar refractivity (Wildman–Crippen MR) is 116 cm³/mol. The molecule has 8 nitrogen and oxygen atoms in total. The van der Waals surface area contributed by atoms with E-state index in [1.54, 1.807) is 18.2 Å². The number of hydrogen-bond acceptors (Lipinski definition) is 5. The van der Waals surface area contributed by atoms with Crippen molar-refractivity contribution in [3.05, 3.63) is 60.2 Å². The molecular weight excluding hydrogens is 437 g/mol. The number of nitrogens with zero attached hydrogens (tertiary/aromatic N) is 3. The van der Waals surface area contributed by atoms with E-state index in [1.165, 1.54) is 23.4 Å². The fourth-order valence-electron chi connectivity index (χ4n) is 3.19. The molecule has 1 fully saturated rings. The van der Waals surface area contributed by atoms with Crippen LogP contribution >= 0.6 is 0 Å². The number of amides is 2. The zero-order chi connectivity index (χ0) is 23.6. The minimum Gasteiger partial charge on any atom is -0.376 e.